The first-order chi connectivity index (χ1) is 9.69. The lowest BCUT2D eigenvalue weighted by Gasteiger charge is -2.10. The molecule has 2 heterocycles. The van der Waals surface area contributed by atoms with Crippen LogP contribution in [0.4, 0.5) is 0 Å². The Morgan fingerprint density at radius 1 is 1.33 bits per heavy atom. The first-order valence-electron chi connectivity index (χ1n) is 6.57. The molecular weight excluding hydrogens is 415 g/mol. The molecule has 2 N–H and O–H groups in total. The van der Waals surface area contributed by atoms with E-state index in [4.69, 9.17) is 0 Å². The molecular formula is C14H21IN4S2. The second kappa shape index (κ2) is 9.37. The molecule has 0 aromatic carbocycles. The van der Waals surface area contributed by atoms with Gasteiger partial charge in [-0.15, -0.1) is 35.3 Å². The van der Waals surface area contributed by atoms with E-state index in [9.17, 15) is 0 Å². The number of aryl methyl sites for hydroxylation is 2. The highest BCUT2D eigenvalue weighted by atomic mass is 127. The van der Waals surface area contributed by atoms with Gasteiger partial charge in [0.25, 0.3) is 0 Å². The fraction of sp³-hybridized carbons (Fsp3) is 0.429. The smallest absolute Gasteiger partial charge is 0.191 e. The van der Waals surface area contributed by atoms with Gasteiger partial charge in [0.2, 0.25) is 0 Å². The summed E-state index contributed by atoms with van der Waals surface area (Å²) < 4.78 is 0. The second-order valence-electron chi connectivity index (χ2n) is 4.48. The summed E-state index contributed by atoms with van der Waals surface area (Å²) in [6.45, 7) is 5.82. The zero-order valence-electron chi connectivity index (χ0n) is 12.5. The molecule has 0 fully saturated rings. The van der Waals surface area contributed by atoms with Crippen molar-refractivity contribution in [2.75, 3.05) is 13.6 Å². The van der Waals surface area contributed by atoms with E-state index in [0.717, 1.165) is 31.2 Å². The lowest BCUT2D eigenvalue weighted by atomic mass is 10.3. The van der Waals surface area contributed by atoms with Gasteiger partial charge in [0.05, 0.1) is 10.7 Å². The molecule has 0 aliphatic heterocycles. The minimum absolute atomic E-state index is 0. The van der Waals surface area contributed by atoms with E-state index in [0.29, 0.717) is 0 Å². The lowest BCUT2D eigenvalue weighted by Crippen LogP contribution is -2.37. The number of nitrogens with one attached hydrogen (secondary N) is 2. The Kier molecular flexibility index (Phi) is 8.20. The predicted octanol–water partition coefficient (Wildman–Crippen LogP) is 3.35. The Morgan fingerprint density at radius 2 is 2.14 bits per heavy atom. The molecule has 0 amide bonds. The number of hydrogen-bond donors (Lipinski definition) is 2. The summed E-state index contributed by atoms with van der Waals surface area (Å²) in [5.41, 5.74) is 2.43. The van der Waals surface area contributed by atoms with E-state index in [1.54, 1.807) is 29.7 Å². The molecule has 0 unspecified atom stereocenters. The van der Waals surface area contributed by atoms with E-state index >= 15 is 0 Å². The number of nitrogens with zero attached hydrogens (tertiary/aromatic N) is 2. The number of guanidine groups is 1. The third kappa shape index (κ3) is 5.91. The van der Waals surface area contributed by atoms with E-state index in [2.05, 4.69) is 51.3 Å². The van der Waals surface area contributed by atoms with Crippen LogP contribution in [0.3, 0.4) is 0 Å². The first kappa shape index (κ1) is 18.4. The van der Waals surface area contributed by atoms with Crippen LogP contribution in [0.5, 0.6) is 0 Å². The SMILES string of the molecule is CN=C(NCCc1nc(C)c(C)s1)NCc1ccsc1.I. The first-order valence-corrected chi connectivity index (χ1v) is 8.33. The number of rotatable bonds is 5. The standard InChI is InChI=1S/C14H20N4S2.HI/c1-10-11(2)20-13(18-10)4-6-16-14(15-3)17-8-12-5-7-19-9-12;/h5,7,9H,4,6,8H2,1-3H3,(H2,15,16,17);1H. The molecule has 0 aliphatic rings. The topological polar surface area (TPSA) is 49.3 Å². The van der Waals surface area contributed by atoms with Crippen LogP contribution >= 0.6 is 46.7 Å². The summed E-state index contributed by atoms with van der Waals surface area (Å²) in [6, 6.07) is 2.12. The van der Waals surface area contributed by atoms with Crippen LogP contribution in [0.2, 0.25) is 0 Å². The Bertz CT molecular complexity index is 544. The van der Waals surface area contributed by atoms with Crippen LogP contribution in [0, 0.1) is 13.8 Å². The highest BCUT2D eigenvalue weighted by Crippen LogP contribution is 2.16. The summed E-state index contributed by atoms with van der Waals surface area (Å²) in [4.78, 5) is 10.1. The Labute approximate surface area is 151 Å². The molecule has 4 nitrogen and oxygen atoms in total. The molecule has 116 valence electrons. The maximum absolute atomic E-state index is 4.54. The van der Waals surface area contributed by atoms with Crippen molar-refractivity contribution in [3.63, 3.8) is 0 Å². The summed E-state index contributed by atoms with van der Waals surface area (Å²) >= 11 is 3.49. The summed E-state index contributed by atoms with van der Waals surface area (Å²) in [7, 11) is 1.79. The number of thiophene rings is 1. The molecule has 0 radical (unpaired) electrons. The molecule has 7 heteroatoms. The van der Waals surface area contributed by atoms with Crippen molar-refractivity contribution >= 4 is 52.6 Å². The van der Waals surface area contributed by atoms with Crippen molar-refractivity contribution in [2.45, 2.75) is 26.8 Å². The van der Waals surface area contributed by atoms with E-state index in [-0.39, 0.29) is 24.0 Å². The molecule has 0 bridgehead atoms. The third-order valence-electron chi connectivity index (χ3n) is 2.97. The quantitative estimate of drug-likeness (QED) is 0.430. The van der Waals surface area contributed by atoms with Crippen molar-refractivity contribution in [3.8, 4) is 0 Å². The molecule has 0 atom stereocenters. The van der Waals surface area contributed by atoms with Crippen LogP contribution in [-0.4, -0.2) is 24.5 Å². The van der Waals surface area contributed by atoms with E-state index in [1.165, 1.54) is 15.4 Å². The largest absolute Gasteiger partial charge is 0.356 e. The van der Waals surface area contributed by atoms with Crippen molar-refractivity contribution in [1.82, 2.24) is 15.6 Å². The van der Waals surface area contributed by atoms with Crippen LogP contribution in [0.1, 0.15) is 21.1 Å². The average molecular weight is 436 g/mol. The Balaban J connectivity index is 0.00000220. The van der Waals surface area contributed by atoms with E-state index < -0.39 is 0 Å². The van der Waals surface area contributed by atoms with Crippen molar-refractivity contribution in [3.05, 3.63) is 38.0 Å². The second-order valence-corrected chi connectivity index (χ2v) is 6.55. The summed E-state index contributed by atoms with van der Waals surface area (Å²) in [6.07, 6.45) is 0.929. The zero-order valence-corrected chi connectivity index (χ0v) is 16.4. The van der Waals surface area contributed by atoms with Crippen molar-refractivity contribution in [1.29, 1.82) is 0 Å². The molecule has 2 aromatic heterocycles. The van der Waals surface area contributed by atoms with Crippen LogP contribution in [-0.2, 0) is 13.0 Å². The van der Waals surface area contributed by atoms with Gasteiger partial charge in [0.15, 0.2) is 5.96 Å². The van der Waals surface area contributed by atoms with Gasteiger partial charge < -0.3 is 10.6 Å². The van der Waals surface area contributed by atoms with Crippen LogP contribution in [0.15, 0.2) is 21.8 Å². The highest BCUT2D eigenvalue weighted by molar-refractivity contribution is 14.0. The number of halogens is 1. The molecule has 0 aliphatic carbocycles. The molecule has 21 heavy (non-hydrogen) atoms. The number of thiazole rings is 1. The van der Waals surface area contributed by atoms with Crippen molar-refractivity contribution in [2.24, 2.45) is 4.99 Å². The highest BCUT2D eigenvalue weighted by Gasteiger charge is 2.04. The maximum atomic E-state index is 4.54. The maximum Gasteiger partial charge on any atom is 0.191 e. The fourth-order valence-electron chi connectivity index (χ4n) is 1.73. The molecule has 0 spiro atoms. The monoisotopic (exact) mass is 436 g/mol. The van der Waals surface area contributed by atoms with E-state index in [1.807, 2.05) is 0 Å². The number of hydrogen-bond acceptors (Lipinski definition) is 4. The normalized spacial score (nSPS) is 11.1. The third-order valence-corrected chi connectivity index (χ3v) is 4.83. The van der Waals surface area contributed by atoms with Gasteiger partial charge in [-0.25, -0.2) is 4.98 Å². The zero-order chi connectivity index (χ0) is 14.4. The van der Waals surface area contributed by atoms with Gasteiger partial charge in [0, 0.05) is 31.4 Å². The lowest BCUT2D eigenvalue weighted by molar-refractivity contribution is 0.792. The Hall–Kier alpha value is -0.670. The van der Waals surface area contributed by atoms with Crippen LogP contribution in [0.25, 0.3) is 0 Å². The molecule has 2 aromatic rings. The van der Waals surface area contributed by atoms with Gasteiger partial charge >= 0.3 is 0 Å². The minimum Gasteiger partial charge on any atom is -0.356 e. The molecule has 2 rings (SSSR count). The summed E-state index contributed by atoms with van der Waals surface area (Å²) in [5.74, 6) is 0.834. The minimum atomic E-state index is 0. The average Bonchev–Trinajstić information content (AvgIpc) is 3.05. The fourth-order valence-corrected chi connectivity index (χ4v) is 3.34. The molecule has 0 saturated heterocycles. The van der Waals surface area contributed by atoms with Crippen LogP contribution < -0.4 is 10.6 Å². The van der Waals surface area contributed by atoms with Gasteiger partial charge in [-0.1, -0.05) is 0 Å². The Morgan fingerprint density at radius 3 is 2.71 bits per heavy atom. The van der Waals surface area contributed by atoms with Crippen molar-refractivity contribution < 1.29 is 0 Å². The molecule has 0 saturated carbocycles. The van der Waals surface area contributed by atoms with Gasteiger partial charge in [-0.3, -0.25) is 4.99 Å². The summed E-state index contributed by atoms with van der Waals surface area (Å²) in [5, 5.41) is 12.0. The predicted molar refractivity (Wildman–Crippen MR) is 103 cm³/mol. The van der Waals surface area contributed by atoms with Gasteiger partial charge in [-0.2, -0.15) is 11.3 Å². The number of aromatic nitrogens is 1. The van der Waals surface area contributed by atoms with Gasteiger partial charge in [-0.05, 0) is 36.2 Å². The van der Waals surface area contributed by atoms with Gasteiger partial charge in [0.1, 0.15) is 0 Å². The number of aliphatic imine (C=N–C) groups is 1.